The number of amides is 1. The molecule has 2 heterocycles. The molecule has 3 rings (SSSR count). The highest BCUT2D eigenvalue weighted by atomic mass is 32.1. The summed E-state index contributed by atoms with van der Waals surface area (Å²) in [5, 5.41) is 6.16. The molecule has 1 aromatic carbocycles. The second-order valence-corrected chi connectivity index (χ2v) is 5.25. The number of rotatable bonds is 3. The third-order valence-corrected chi connectivity index (χ3v) is 3.78. The normalized spacial score (nSPS) is 10.7. The lowest BCUT2D eigenvalue weighted by atomic mass is 10.1. The smallest absolute Gasteiger partial charge is 0.259 e. The van der Waals surface area contributed by atoms with Gasteiger partial charge in [-0.25, -0.2) is 4.98 Å². The molecule has 100 valence electrons. The summed E-state index contributed by atoms with van der Waals surface area (Å²) >= 11 is 1.39. The van der Waals surface area contributed by atoms with Crippen LogP contribution in [-0.4, -0.2) is 15.9 Å². The number of pyridine rings is 1. The van der Waals surface area contributed by atoms with Crippen molar-refractivity contribution in [1.29, 1.82) is 0 Å². The van der Waals surface area contributed by atoms with Crippen LogP contribution in [0.5, 0.6) is 0 Å². The summed E-state index contributed by atoms with van der Waals surface area (Å²) in [4.78, 5) is 20.6. The van der Waals surface area contributed by atoms with Crippen LogP contribution in [0, 0.1) is 0 Å². The third kappa shape index (κ3) is 2.40. The van der Waals surface area contributed by atoms with Gasteiger partial charge in [0.2, 0.25) is 0 Å². The van der Waals surface area contributed by atoms with Gasteiger partial charge in [-0.2, -0.15) is 0 Å². The third-order valence-electron chi connectivity index (χ3n) is 3.09. The van der Waals surface area contributed by atoms with E-state index in [2.05, 4.69) is 28.3 Å². The Labute approximate surface area is 120 Å². The van der Waals surface area contributed by atoms with Crippen molar-refractivity contribution in [3.05, 3.63) is 53.2 Å². The number of hydrogen-bond donors (Lipinski definition) is 1. The quantitative estimate of drug-likeness (QED) is 0.800. The number of fused-ring (bicyclic) bond motifs is 1. The highest BCUT2D eigenvalue weighted by Gasteiger charge is 2.10. The molecule has 0 bridgehead atoms. The molecule has 2 aromatic heterocycles. The van der Waals surface area contributed by atoms with E-state index in [0.717, 1.165) is 17.3 Å². The van der Waals surface area contributed by atoms with E-state index >= 15 is 0 Å². The fourth-order valence-corrected chi connectivity index (χ4v) is 2.61. The summed E-state index contributed by atoms with van der Waals surface area (Å²) in [5.74, 6) is -0.184. The number of aryl methyl sites for hydroxylation is 1. The minimum absolute atomic E-state index is 0.184. The fourth-order valence-electron chi connectivity index (χ4n) is 2.09. The topological polar surface area (TPSA) is 54.9 Å². The molecule has 0 atom stereocenters. The van der Waals surface area contributed by atoms with E-state index in [-0.39, 0.29) is 5.91 Å². The van der Waals surface area contributed by atoms with Gasteiger partial charge in [0.1, 0.15) is 0 Å². The highest BCUT2D eigenvalue weighted by molar-refractivity contribution is 7.13. The molecule has 3 aromatic rings. The zero-order chi connectivity index (χ0) is 13.9. The molecule has 1 amide bonds. The number of carbonyl (C=O) groups is 1. The molecule has 0 aliphatic heterocycles. The second kappa shape index (κ2) is 5.38. The Hall–Kier alpha value is -2.27. The van der Waals surface area contributed by atoms with Gasteiger partial charge in [-0.05, 0) is 18.1 Å². The van der Waals surface area contributed by atoms with Crippen LogP contribution < -0.4 is 5.32 Å². The van der Waals surface area contributed by atoms with Gasteiger partial charge in [-0.3, -0.25) is 15.1 Å². The summed E-state index contributed by atoms with van der Waals surface area (Å²) in [6.07, 6.45) is 4.20. The van der Waals surface area contributed by atoms with Crippen molar-refractivity contribution in [2.45, 2.75) is 13.3 Å². The summed E-state index contributed by atoms with van der Waals surface area (Å²) in [6, 6.07) is 7.89. The zero-order valence-electron chi connectivity index (χ0n) is 11.0. The Bertz CT molecular complexity index is 753. The van der Waals surface area contributed by atoms with Gasteiger partial charge in [0, 0.05) is 23.2 Å². The average molecular weight is 283 g/mol. The number of anilines is 1. The lowest BCUT2D eigenvalue weighted by Crippen LogP contribution is -2.12. The largest absolute Gasteiger partial charge is 0.298 e. The number of thiazole rings is 1. The number of nitrogens with one attached hydrogen (secondary N) is 1. The van der Waals surface area contributed by atoms with E-state index in [1.807, 2.05) is 23.6 Å². The Morgan fingerprint density at radius 3 is 3.00 bits per heavy atom. The molecular formula is C15H13N3OS. The fraction of sp³-hybridized carbons (Fsp3) is 0.133. The standard InChI is InChI=1S/C15H13N3OS/c1-2-10-4-3-5-11-8-12(9-17-13(10)11)14(19)18-15-16-6-7-20-15/h3-9H,2H2,1H3,(H,16,18,19). The van der Waals surface area contributed by atoms with Crippen molar-refractivity contribution in [3.63, 3.8) is 0 Å². The van der Waals surface area contributed by atoms with E-state index in [1.54, 1.807) is 12.4 Å². The van der Waals surface area contributed by atoms with Crippen molar-refractivity contribution in [3.8, 4) is 0 Å². The van der Waals surface area contributed by atoms with Crippen LogP contribution in [0.3, 0.4) is 0 Å². The first-order valence-electron chi connectivity index (χ1n) is 6.36. The number of benzene rings is 1. The monoisotopic (exact) mass is 283 g/mol. The van der Waals surface area contributed by atoms with E-state index in [4.69, 9.17) is 0 Å². The maximum absolute atomic E-state index is 12.1. The maximum atomic E-state index is 12.1. The summed E-state index contributed by atoms with van der Waals surface area (Å²) in [7, 11) is 0. The minimum atomic E-state index is -0.184. The first-order valence-corrected chi connectivity index (χ1v) is 7.24. The molecule has 4 nitrogen and oxygen atoms in total. The Morgan fingerprint density at radius 2 is 2.25 bits per heavy atom. The Morgan fingerprint density at radius 1 is 1.35 bits per heavy atom. The number of nitrogens with zero attached hydrogens (tertiary/aromatic N) is 2. The molecule has 0 unspecified atom stereocenters. The second-order valence-electron chi connectivity index (χ2n) is 4.36. The average Bonchev–Trinajstić information content (AvgIpc) is 2.98. The highest BCUT2D eigenvalue weighted by Crippen LogP contribution is 2.19. The van der Waals surface area contributed by atoms with Crippen molar-refractivity contribution < 1.29 is 4.79 Å². The molecule has 5 heteroatoms. The van der Waals surface area contributed by atoms with Crippen LogP contribution in [0.2, 0.25) is 0 Å². The Balaban J connectivity index is 1.95. The lowest BCUT2D eigenvalue weighted by Gasteiger charge is -2.06. The maximum Gasteiger partial charge on any atom is 0.259 e. The van der Waals surface area contributed by atoms with Crippen LogP contribution in [-0.2, 0) is 6.42 Å². The van der Waals surface area contributed by atoms with E-state index < -0.39 is 0 Å². The van der Waals surface area contributed by atoms with Gasteiger partial charge < -0.3 is 0 Å². The summed E-state index contributed by atoms with van der Waals surface area (Å²) in [5.41, 5.74) is 2.69. The van der Waals surface area contributed by atoms with E-state index in [0.29, 0.717) is 10.7 Å². The van der Waals surface area contributed by atoms with Gasteiger partial charge in [0.25, 0.3) is 5.91 Å². The lowest BCUT2D eigenvalue weighted by molar-refractivity contribution is 0.102. The molecule has 20 heavy (non-hydrogen) atoms. The van der Waals surface area contributed by atoms with Gasteiger partial charge in [0.05, 0.1) is 11.1 Å². The summed E-state index contributed by atoms with van der Waals surface area (Å²) < 4.78 is 0. The number of hydrogen-bond acceptors (Lipinski definition) is 4. The molecule has 0 saturated heterocycles. The van der Waals surface area contributed by atoms with E-state index in [9.17, 15) is 4.79 Å². The molecule has 0 aliphatic rings. The molecular weight excluding hydrogens is 270 g/mol. The number of aromatic nitrogens is 2. The van der Waals surface area contributed by atoms with Crippen molar-refractivity contribution in [1.82, 2.24) is 9.97 Å². The molecule has 0 saturated carbocycles. The predicted molar refractivity (Wildman–Crippen MR) is 81.2 cm³/mol. The first-order chi connectivity index (χ1) is 9.78. The SMILES string of the molecule is CCc1cccc2cc(C(=O)Nc3nccs3)cnc12. The van der Waals surface area contributed by atoms with Crippen LogP contribution >= 0.6 is 11.3 Å². The molecule has 0 fully saturated rings. The first kappa shape index (κ1) is 12.7. The minimum Gasteiger partial charge on any atom is -0.298 e. The van der Waals surface area contributed by atoms with E-state index in [1.165, 1.54) is 16.9 Å². The van der Waals surface area contributed by atoms with Crippen molar-refractivity contribution >= 4 is 33.3 Å². The molecule has 0 aliphatic carbocycles. The number of carbonyl (C=O) groups excluding carboxylic acids is 1. The Kier molecular flexibility index (Phi) is 3.43. The van der Waals surface area contributed by atoms with Crippen molar-refractivity contribution in [2.75, 3.05) is 5.32 Å². The summed E-state index contributed by atoms with van der Waals surface area (Å²) in [6.45, 7) is 2.10. The van der Waals surface area contributed by atoms with Crippen LogP contribution in [0.25, 0.3) is 10.9 Å². The van der Waals surface area contributed by atoms with Gasteiger partial charge >= 0.3 is 0 Å². The number of para-hydroxylation sites is 1. The predicted octanol–water partition coefficient (Wildman–Crippen LogP) is 3.51. The van der Waals surface area contributed by atoms with Crippen LogP contribution in [0.15, 0.2) is 42.0 Å². The van der Waals surface area contributed by atoms with Gasteiger partial charge in [-0.15, -0.1) is 11.3 Å². The van der Waals surface area contributed by atoms with Crippen molar-refractivity contribution in [2.24, 2.45) is 0 Å². The molecule has 1 N–H and O–H groups in total. The van der Waals surface area contributed by atoms with Crippen LogP contribution in [0.4, 0.5) is 5.13 Å². The van der Waals surface area contributed by atoms with Gasteiger partial charge in [-0.1, -0.05) is 25.1 Å². The zero-order valence-corrected chi connectivity index (χ0v) is 11.8. The van der Waals surface area contributed by atoms with Gasteiger partial charge in [0.15, 0.2) is 5.13 Å². The van der Waals surface area contributed by atoms with Crippen LogP contribution in [0.1, 0.15) is 22.8 Å². The molecule has 0 radical (unpaired) electrons. The molecule has 0 spiro atoms.